The van der Waals surface area contributed by atoms with Crippen molar-refractivity contribution in [1.82, 2.24) is 14.9 Å². The molecule has 0 radical (unpaired) electrons. The first kappa shape index (κ1) is 17.0. The second-order valence-electron chi connectivity index (χ2n) is 5.72. The number of imidazole rings is 1. The maximum Gasteiger partial charge on any atom is 0.397 e. The van der Waals surface area contributed by atoms with Crippen LogP contribution in [-0.4, -0.2) is 21.6 Å². The lowest BCUT2D eigenvalue weighted by atomic mass is 10.1. The van der Waals surface area contributed by atoms with Crippen LogP contribution in [-0.2, 0) is 11.8 Å². The van der Waals surface area contributed by atoms with E-state index < -0.39 is 24.5 Å². The predicted octanol–water partition coefficient (Wildman–Crippen LogP) is 3.73. The number of benzene rings is 2. The maximum atomic E-state index is 12.5. The third kappa shape index (κ3) is 3.81. The Kier molecular flexibility index (Phi) is 4.48. The van der Waals surface area contributed by atoms with Crippen molar-refractivity contribution in [3.8, 4) is 0 Å². The number of rotatable bonds is 4. The molecule has 0 bridgehead atoms. The van der Waals surface area contributed by atoms with Crippen LogP contribution in [0.15, 0.2) is 54.6 Å². The van der Waals surface area contributed by atoms with Crippen molar-refractivity contribution in [3.63, 3.8) is 0 Å². The summed E-state index contributed by atoms with van der Waals surface area (Å²) in [5.74, 6) is -0.615. The highest BCUT2D eigenvalue weighted by Crippen LogP contribution is 2.26. The number of aryl methyl sites for hydroxylation is 1. The van der Waals surface area contributed by atoms with Crippen molar-refractivity contribution < 1.29 is 18.0 Å². The minimum atomic E-state index is -4.56. The number of fused-ring (bicyclic) bond motifs is 1. The van der Waals surface area contributed by atoms with E-state index in [0.717, 1.165) is 5.52 Å². The molecule has 1 amide bonds. The SMILES string of the molecule is Cn1c([C@H](NC(=O)CC(F)(F)F)c2ccccc2)nc2ccccc21. The van der Waals surface area contributed by atoms with Crippen LogP contribution in [0.1, 0.15) is 23.9 Å². The summed E-state index contributed by atoms with van der Waals surface area (Å²) in [6.45, 7) is 0. The van der Waals surface area contributed by atoms with Crippen LogP contribution in [0.5, 0.6) is 0 Å². The lowest BCUT2D eigenvalue weighted by molar-refractivity contribution is -0.154. The van der Waals surface area contributed by atoms with Crippen molar-refractivity contribution in [2.75, 3.05) is 0 Å². The summed E-state index contributed by atoms with van der Waals surface area (Å²) in [5.41, 5.74) is 2.21. The third-order valence-electron chi connectivity index (χ3n) is 3.88. The fourth-order valence-electron chi connectivity index (χ4n) is 2.76. The molecule has 0 fully saturated rings. The molecule has 0 aliphatic carbocycles. The molecule has 130 valence electrons. The van der Waals surface area contributed by atoms with E-state index in [-0.39, 0.29) is 0 Å². The van der Waals surface area contributed by atoms with Crippen molar-refractivity contribution >= 4 is 16.9 Å². The van der Waals surface area contributed by atoms with Crippen LogP contribution in [0.4, 0.5) is 13.2 Å². The Morgan fingerprint density at radius 3 is 2.40 bits per heavy atom. The van der Waals surface area contributed by atoms with E-state index >= 15 is 0 Å². The van der Waals surface area contributed by atoms with Gasteiger partial charge in [0, 0.05) is 7.05 Å². The van der Waals surface area contributed by atoms with Gasteiger partial charge in [0.15, 0.2) is 0 Å². The first-order chi connectivity index (χ1) is 11.8. The molecular formula is C18H16F3N3O. The maximum absolute atomic E-state index is 12.5. The zero-order chi connectivity index (χ0) is 18.0. The number of halogens is 3. The number of carbonyl (C=O) groups is 1. The highest BCUT2D eigenvalue weighted by atomic mass is 19.4. The molecule has 1 N–H and O–H groups in total. The van der Waals surface area contributed by atoms with Crippen molar-refractivity contribution in [2.45, 2.75) is 18.6 Å². The Balaban J connectivity index is 2.02. The second-order valence-corrected chi connectivity index (χ2v) is 5.72. The topological polar surface area (TPSA) is 46.9 Å². The molecule has 0 spiro atoms. The number of aromatic nitrogens is 2. The first-order valence-electron chi connectivity index (χ1n) is 7.67. The highest BCUT2D eigenvalue weighted by Gasteiger charge is 2.33. The van der Waals surface area contributed by atoms with Gasteiger partial charge in [-0.25, -0.2) is 4.98 Å². The number of alkyl halides is 3. The predicted molar refractivity (Wildman–Crippen MR) is 87.8 cm³/mol. The third-order valence-corrected chi connectivity index (χ3v) is 3.88. The molecule has 3 aromatic rings. The number of carbonyl (C=O) groups excluding carboxylic acids is 1. The summed E-state index contributed by atoms with van der Waals surface area (Å²) in [6, 6.07) is 15.4. The second kappa shape index (κ2) is 6.58. The first-order valence-corrected chi connectivity index (χ1v) is 7.67. The highest BCUT2D eigenvalue weighted by molar-refractivity contribution is 5.79. The van der Waals surface area contributed by atoms with Crippen LogP contribution in [0.3, 0.4) is 0 Å². The summed E-state index contributed by atoms with van der Waals surface area (Å²) in [6.07, 6.45) is -6.09. The van der Waals surface area contributed by atoms with Gasteiger partial charge in [0.25, 0.3) is 0 Å². The van der Waals surface area contributed by atoms with Gasteiger partial charge in [-0.3, -0.25) is 4.79 Å². The fourth-order valence-corrected chi connectivity index (χ4v) is 2.76. The Labute approximate surface area is 142 Å². The molecule has 1 aromatic heterocycles. The molecule has 4 nitrogen and oxygen atoms in total. The van der Waals surface area contributed by atoms with Crippen molar-refractivity contribution in [1.29, 1.82) is 0 Å². The number of nitrogens with zero attached hydrogens (tertiary/aromatic N) is 2. The molecule has 0 saturated heterocycles. The Morgan fingerprint density at radius 1 is 1.12 bits per heavy atom. The van der Waals surface area contributed by atoms with E-state index in [9.17, 15) is 18.0 Å². The van der Waals surface area contributed by atoms with Crippen LogP contribution in [0.25, 0.3) is 11.0 Å². The molecule has 0 saturated carbocycles. The van der Waals surface area contributed by atoms with E-state index in [1.807, 2.05) is 24.3 Å². The van der Waals surface area contributed by atoms with E-state index in [1.54, 1.807) is 41.9 Å². The number of amides is 1. The molecule has 0 aliphatic heterocycles. The molecule has 7 heteroatoms. The van der Waals surface area contributed by atoms with Crippen molar-refractivity contribution in [3.05, 3.63) is 66.0 Å². The monoisotopic (exact) mass is 347 g/mol. The Morgan fingerprint density at radius 2 is 1.76 bits per heavy atom. The number of nitrogens with one attached hydrogen (secondary N) is 1. The normalized spacial score (nSPS) is 13.0. The van der Waals surface area contributed by atoms with Crippen LogP contribution in [0.2, 0.25) is 0 Å². The Bertz CT molecular complexity index is 887. The van der Waals surface area contributed by atoms with E-state index in [1.165, 1.54) is 0 Å². The summed E-state index contributed by atoms with van der Waals surface area (Å²) in [4.78, 5) is 16.4. The lowest BCUT2D eigenvalue weighted by Gasteiger charge is -2.19. The molecule has 1 heterocycles. The molecule has 2 aromatic carbocycles. The summed E-state index contributed by atoms with van der Waals surface area (Å²) in [5, 5.41) is 2.47. The molecular weight excluding hydrogens is 331 g/mol. The molecule has 1 atom stereocenters. The van der Waals surface area contributed by atoms with Crippen LogP contribution < -0.4 is 5.32 Å². The quantitative estimate of drug-likeness (QED) is 0.782. The molecule has 3 rings (SSSR count). The van der Waals surface area contributed by atoms with Gasteiger partial charge in [0.05, 0.1) is 11.0 Å². The van der Waals surface area contributed by atoms with Crippen molar-refractivity contribution in [2.24, 2.45) is 7.05 Å². The standard InChI is InChI=1S/C18H16F3N3O/c1-24-14-10-6-5-9-13(14)22-17(24)16(12-7-3-2-4-8-12)23-15(25)11-18(19,20)21/h2-10,16H,11H2,1H3,(H,23,25)/t16-/m1/s1. The number of hydrogen-bond donors (Lipinski definition) is 1. The van der Waals surface area contributed by atoms with Gasteiger partial charge in [-0.05, 0) is 17.7 Å². The summed E-state index contributed by atoms with van der Waals surface area (Å²) in [7, 11) is 1.77. The minimum Gasteiger partial charge on any atom is -0.342 e. The summed E-state index contributed by atoms with van der Waals surface area (Å²) >= 11 is 0. The van der Waals surface area contributed by atoms with Gasteiger partial charge in [0.1, 0.15) is 18.3 Å². The minimum absolute atomic E-state index is 0.475. The van der Waals surface area contributed by atoms with Crippen LogP contribution in [0, 0.1) is 0 Å². The number of hydrogen-bond acceptors (Lipinski definition) is 2. The van der Waals surface area contributed by atoms with E-state index in [0.29, 0.717) is 16.9 Å². The van der Waals surface area contributed by atoms with Crippen LogP contribution >= 0.6 is 0 Å². The summed E-state index contributed by atoms with van der Waals surface area (Å²) < 4.78 is 39.4. The van der Waals surface area contributed by atoms with Gasteiger partial charge in [-0.1, -0.05) is 42.5 Å². The smallest absolute Gasteiger partial charge is 0.342 e. The van der Waals surface area contributed by atoms with Gasteiger partial charge in [-0.2, -0.15) is 13.2 Å². The Hall–Kier alpha value is -2.83. The van der Waals surface area contributed by atoms with Gasteiger partial charge in [0.2, 0.25) is 5.91 Å². The number of para-hydroxylation sites is 2. The lowest BCUT2D eigenvalue weighted by Crippen LogP contribution is -2.34. The fraction of sp³-hybridized carbons (Fsp3) is 0.222. The molecule has 0 aliphatic rings. The zero-order valence-electron chi connectivity index (χ0n) is 13.4. The largest absolute Gasteiger partial charge is 0.397 e. The molecule has 25 heavy (non-hydrogen) atoms. The van der Waals surface area contributed by atoms with E-state index in [2.05, 4.69) is 10.3 Å². The van der Waals surface area contributed by atoms with Gasteiger partial charge in [-0.15, -0.1) is 0 Å². The average molecular weight is 347 g/mol. The zero-order valence-corrected chi connectivity index (χ0v) is 13.4. The van der Waals surface area contributed by atoms with Gasteiger partial charge >= 0.3 is 6.18 Å². The average Bonchev–Trinajstić information content (AvgIpc) is 2.89. The molecule has 0 unspecified atom stereocenters. The van der Waals surface area contributed by atoms with E-state index in [4.69, 9.17) is 0 Å². The van der Waals surface area contributed by atoms with Gasteiger partial charge < -0.3 is 9.88 Å².